The highest BCUT2D eigenvalue weighted by molar-refractivity contribution is 5.95. The molecule has 2 aliphatic rings. The van der Waals surface area contributed by atoms with E-state index in [9.17, 15) is 9.59 Å². The lowest BCUT2D eigenvalue weighted by atomic mass is 9.89. The molecular weight excluding hydrogens is 356 g/mol. The molecule has 6 heteroatoms. The van der Waals surface area contributed by atoms with Crippen LogP contribution in [-0.4, -0.2) is 17.3 Å². The van der Waals surface area contributed by atoms with E-state index in [1.807, 2.05) is 24.4 Å². The van der Waals surface area contributed by atoms with E-state index in [1.165, 1.54) is 0 Å². The first kappa shape index (κ1) is 18.6. The number of rotatable bonds is 6. The van der Waals surface area contributed by atoms with E-state index < -0.39 is 0 Å². The van der Waals surface area contributed by atoms with Crippen LogP contribution in [0.2, 0.25) is 0 Å². The van der Waals surface area contributed by atoms with Gasteiger partial charge < -0.3 is 19.4 Å². The first-order chi connectivity index (χ1) is 13.7. The molecule has 0 saturated carbocycles. The van der Waals surface area contributed by atoms with Crippen molar-refractivity contribution in [3.05, 3.63) is 57.0 Å². The van der Waals surface area contributed by atoms with Gasteiger partial charge in [-0.3, -0.25) is 9.59 Å². The number of benzene rings is 1. The summed E-state index contributed by atoms with van der Waals surface area (Å²) in [6.45, 7) is 3.32. The zero-order valence-corrected chi connectivity index (χ0v) is 16.3. The maximum absolute atomic E-state index is 13.0. The monoisotopic (exact) mass is 382 g/mol. The van der Waals surface area contributed by atoms with Crippen LogP contribution in [0.25, 0.3) is 0 Å². The molecule has 2 aromatic rings. The summed E-state index contributed by atoms with van der Waals surface area (Å²) < 4.78 is 12.4. The normalized spacial score (nSPS) is 14.6. The molecule has 1 aromatic heterocycles. The smallest absolute Gasteiger partial charge is 0.263 e. The van der Waals surface area contributed by atoms with E-state index in [2.05, 4.69) is 12.2 Å². The molecule has 0 atom stereocenters. The summed E-state index contributed by atoms with van der Waals surface area (Å²) in [5.74, 6) is 1.11. The molecule has 148 valence electrons. The molecule has 4 rings (SSSR count). The highest BCUT2D eigenvalue weighted by Crippen LogP contribution is 2.32. The van der Waals surface area contributed by atoms with Crippen LogP contribution >= 0.6 is 0 Å². The Hall–Kier alpha value is -2.76. The van der Waals surface area contributed by atoms with Gasteiger partial charge in [-0.2, -0.15) is 0 Å². The number of fused-ring (bicyclic) bond motifs is 2. The topological polar surface area (TPSA) is 69.6 Å². The molecule has 0 bridgehead atoms. The molecule has 2 heterocycles. The highest BCUT2D eigenvalue weighted by Gasteiger charge is 2.23. The van der Waals surface area contributed by atoms with Crippen molar-refractivity contribution in [1.29, 1.82) is 0 Å². The fraction of sp³-hybridized carbons (Fsp3) is 0.455. The number of hydrogen-bond acceptors (Lipinski definition) is 4. The van der Waals surface area contributed by atoms with E-state index in [1.54, 1.807) is 4.57 Å². The van der Waals surface area contributed by atoms with Crippen molar-refractivity contribution in [2.24, 2.45) is 0 Å². The van der Waals surface area contributed by atoms with Gasteiger partial charge in [0.2, 0.25) is 6.79 Å². The van der Waals surface area contributed by atoms with Crippen LogP contribution in [0, 0.1) is 0 Å². The second-order valence-electron chi connectivity index (χ2n) is 7.44. The molecule has 0 saturated heterocycles. The molecule has 0 spiro atoms. The molecule has 6 nitrogen and oxygen atoms in total. The van der Waals surface area contributed by atoms with Crippen molar-refractivity contribution in [1.82, 2.24) is 9.88 Å². The molecule has 28 heavy (non-hydrogen) atoms. The van der Waals surface area contributed by atoms with Crippen molar-refractivity contribution < 1.29 is 14.3 Å². The first-order valence-corrected chi connectivity index (χ1v) is 10.1. The Kier molecular flexibility index (Phi) is 5.37. The number of carbonyl (C=O) groups is 1. The van der Waals surface area contributed by atoms with Gasteiger partial charge >= 0.3 is 0 Å². The van der Waals surface area contributed by atoms with E-state index in [-0.39, 0.29) is 18.3 Å². The van der Waals surface area contributed by atoms with Crippen molar-refractivity contribution in [3.8, 4) is 11.5 Å². The summed E-state index contributed by atoms with van der Waals surface area (Å²) in [5, 5.41) is 2.93. The SMILES string of the molecule is CCCCn1cc2c(c(C(=O)NCc3ccc4c(c3)OCO4)c1=O)CCCC2. The van der Waals surface area contributed by atoms with Crippen LogP contribution in [0.1, 0.15) is 59.7 Å². The molecule has 0 unspecified atom stereocenters. The number of carbonyl (C=O) groups excluding carboxylic acids is 1. The molecule has 1 amide bonds. The average molecular weight is 382 g/mol. The summed E-state index contributed by atoms with van der Waals surface area (Å²) in [6, 6.07) is 5.60. The zero-order chi connectivity index (χ0) is 19.5. The minimum Gasteiger partial charge on any atom is -0.454 e. The summed E-state index contributed by atoms with van der Waals surface area (Å²) >= 11 is 0. The number of amides is 1. The number of nitrogens with zero attached hydrogens (tertiary/aromatic N) is 1. The molecule has 0 fully saturated rings. The highest BCUT2D eigenvalue weighted by atomic mass is 16.7. The number of unbranched alkanes of at least 4 members (excludes halogenated alkanes) is 1. The van der Waals surface area contributed by atoms with Crippen LogP contribution < -0.4 is 20.3 Å². The molecular formula is C22H26N2O4. The number of nitrogens with one attached hydrogen (secondary N) is 1. The lowest BCUT2D eigenvalue weighted by Crippen LogP contribution is -2.36. The Morgan fingerprint density at radius 3 is 2.86 bits per heavy atom. The predicted octanol–water partition coefficient (Wildman–Crippen LogP) is 3.19. The molecule has 0 radical (unpaired) electrons. The van der Waals surface area contributed by atoms with Gasteiger partial charge in [0.25, 0.3) is 11.5 Å². The van der Waals surface area contributed by atoms with Crippen LogP contribution in [0.5, 0.6) is 11.5 Å². The minimum absolute atomic E-state index is 0.169. The van der Waals surface area contributed by atoms with Gasteiger partial charge in [0.1, 0.15) is 5.56 Å². The van der Waals surface area contributed by atoms with E-state index in [0.29, 0.717) is 30.2 Å². The van der Waals surface area contributed by atoms with Crippen LogP contribution in [0.3, 0.4) is 0 Å². The maximum atomic E-state index is 13.0. The average Bonchev–Trinajstić information content (AvgIpc) is 3.18. The predicted molar refractivity (Wildman–Crippen MR) is 106 cm³/mol. The Morgan fingerprint density at radius 2 is 2.00 bits per heavy atom. The van der Waals surface area contributed by atoms with Crippen molar-refractivity contribution in [2.75, 3.05) is 6.79 Å². The fourth-order valence-corrected chi connectivity index (χ4v) is 3.93. The van der Waals surface area contributed by atoms with Gasteiger partial charge in [0.05, 0.1) is 0 Å². The van der Waals surface area contributed by atoms with Crippen molar-refractivity contribution >= 4 is 5.91 Å². The molecule has 1 aliphatic carbocycles. The number of aryl methyl sites for hydroxylation is 2. The van der Waals surface area contributed by atoms with Crippen molar-refractivity contribution in [2.45, 2.75) is 58.5 Å². The largest absolute Gasteiger partial charge is 0.454 e. The number of ether oxygens (including phenoxy) is 2. The van der Waals surface area contributed by atoms with Crippen LogP contribution in [0.4, 0.5) is 0 Å². The molecule has 1 aliphatic heterocycles. The quantitative estimate of drug-likeness (QED) is 0.833. The lowest BCUT2D eigenvalue weighted by molar-refractivity contribution is 0.0947. The number of aromatic nitrogens is 1. The second kappa shape index (κ2) is 8.09. The van der Waals surface area contributed by atoms with Gasteiger partial charge in [-0.25, -0.2) is 0 Å². The summed E-state index contributed by atoms with van der Waals surface area (Å²) in [4.78, 5) is 26.0. The lowest BCUT2D eigenvalue weighted by Gasteiger charge is -2.21. The van der Waals surface area contributed by atoms with Crippen molar-refractivity contribution in [3.63, 3.8) is 0 Å². The summed E-state index contributed by atoms with van der Waals surface area (Å²) in [7, 11) is 0. The third-order valence-corrected chi connectivity index (χ3v) is 5.47. The zero-order valence-electron chi connectivity index (χ0n) is 16.3. The van der Waals surface area contributed by atoms with Gasteiger partial charge in [0.15, 0.2) is 11.5 Å². The summed E-state index contributed by atoms with van der Waals surface area (Å²) in [5.41, 5.74) is 3.16. The Balaban J connectivity index is 1.58. The van der Waals surface area contributed by atoms with Gasteiger partial charge in [-0.1, -0.05) is 19.4 Å². The first-order valence-electron chi connectivity index (χ1n) is 10.1. The third kappa shape index (κ3) is 3.63. The van der Waals surface area contributed by atoms with E-state index in [4.69, 9.17) is 9.47 Å². The van der Waals surface area contributed by atoms with Gasteiger partial charge in [0, 0.05) is 19.3 Å². The second-order valence-corrected chi connectivity index (χ2v) is 7.44. The van der Waals surface area contributed by atoms with E-state index >= 15 is 0 Å². The Bertz CT molecular complexity index is 948. The third-order valence-electron chi connectivity index (χ3n) is 5.47. The number of hydrogen-bond donors (Lipinski definition) is 1. The molecule has 1 aromatic carbocycles. The fourth-order valence-electron chi connectivity index (χ4n) is 3.93. The maximum Gasteiger partial charge on any atom is 0.263 e. The Morgan fingerprint density at radius 1 is 1.18 bits per heavy atom. The van der Waals surface area contributed by atoms with Crippen LogP contribution in [-0.2, 0) is 25.9 Å². The van der Waals surface area contributed by atoms with Gasteiger partial charge in [-0.05, 0) is 60.9 Å². The van der Waals surface area contributed by atoms with Gasteiger partial charge in [-0.15, -0.1) is 0 Å². The summed E-state index contributed by atoms with van der Waals surface area (Å²) in [6.07, 6.45) is 7.77. The number of pyridine rings is 1. The Labute approximate surface area is 164 Å². The molecule has 1 N–H and O–H groups in total. The van der Waals surface area contributed by atoms with E-state index in [0.717, 1.165) is 55.2 Å². The minimum atomic E-state index is -0.285. The standard InChI is InChI=1S/C22H26N2O4/c1-2-3-10-24-13-16-6-4-5-7-17(16)20(22(24)26)21(25)23-12-15-8-9-18-19(11-15)28-14-27-18/h8-9,11,13H,2-7,10,12,14H2,1H3,(H,23,25). The van der Waals surface area contributed by atoms with Crippen LogP contribution in [0.15, 0.2) is 29.2 Å².